The zero-order valence-electron chi connectivity index (χ0n) is 6.49. The Labute approximate surface area is 70.5 Å². The molecule has 0 radical (unpaired) electrons. The highest BCUT2D eigenvalue weighted by Gasteiger charge is 1.93. The van der Waals surface area contributed by atoms with Crippen molar-refractivity contribution in [3.8, 4) is 6.07 Å². The summed E-state index contributed by atoms with van der Waals surface area (Å²) in [5.41, 5.74) is 1.17. The van der Waals surface area contributed by atoms with E-state index in [0.29, 0.717) is 12.2 Å². The Morgan fingerprint density at radius 3 is 3.17 bits per heavy atom. The van der Waals surface area contributed by atoms with Gasteiger partial charge in [0.25, 0.3) is 0 Å². The molecule has 0 aliphatic heterocycles. The molecular weight excluding hydrogens is 154 g/mol. The first-order valence-electron chi connectivity index (χ1n) is 3.57. The fourth-order valence-electron chi connectivity index (χ4n) is 0.802. The van der Waals surface area contributed by atoms with Crippen LogP contribution in [0.25, 0.3) is 0 Å². The molecule has 0 fully saturated rings. The lowest BCUT2D eigenvalue weighted by Crippen LogP contribution is -2.05. The van der Waals surface area contributed by atoms with Crippen LogP contribution in [-0.2, 0) is 0 Å². The van der Waals surface area contributed by atoms with Gasteiger partial charge in [-0.25, -0.2) is 4.98 Å². The second kappa shape index (κ2) is 4.31. The van der Waals surface area contributed by atoms with E-state index in [4.69, 9.17) is 10.4 Å². The molecule has 0 bridgehead atoms. The fourth-order valence-corrected chi connectivity index (χ4v) is 0.802. The van der Waals surface area contributed by atoms with Gasteiger partial charge in [-0.1, -0.05) is 0 Å². The van der Waals surface area contributed by atoms with E-state index in [1.807, 2.05) is 6.07 Å². The minimum atomic E-state index is 0.0736. The minimum absolute atomic E-state index is 0.0736. The van der Waals surface area contributed by atoms with Gasteiger partial charge in [-0.05, 0) is 12.1 Å². The molecule has 0 aliphatic rings. The zero-order valence-corrected chi connectivity index (χ0v) is 6.49. The van der Waals surface area contributed by atoms with Gasteiger partial charge < -0.3 is 10.4 Å². The molecule has 2 N–H and O–H groups in total. The topological polar surface area (TPSA) is 68.9 Å². The summed E-state index contributed by atoms with van der Waals surface area (Å²) in [5, 5.41) is 19.9. The van der Waals surface area contributed by atoms with Gasteiger partial charge in [-0.15, -0.1) is 0 Å². The number of pyridine rings is 1. The van der Waals surface area contributed by atoms with Crippen molar-refractivity contribution in [3.63, 3.8) is 0 Å². The Morgan fingerprint density at radius 2 is 2.50 bits per heavy atom. The van der Waals surface area contributed by atoms with Gasteiger partial charge in [-0.2, -0.15) is 5.26 Å². The first-order valence-corrected chi connectivity index (χ1v) is 3.57. The molecule has 0 saturated carbocycles. The van der Waals surface area contributed by atoms with E-state index in [-0.39, 0.29) is 6.61 Å². The molecule has 4 nitrogen and oxygen atoms in total. The van der Waals surface area contributed by atoms with Gasteiger partial charge in [0.2, 0.25) is 0 Å². The molecule has 1 heterocycles. The molecule has 1 aromatic heterocycles. The number of aromatic nitrogens is 1. The summed E-state index contributed by atoms with van der Waals surface area (Å²) in [4.78, 5) is 3.80. The van der Waals surface area contributed by atoms with Crippen molar-refractivity contribution in [1.82, 2.24) is 4.98 Å². The molecule has 12 heavy (non-hydrogen) atoms. The van der Waals surface area contributed by atoms with Gasteiger partial charge in [0.05, 0.1) is 6.61 Å². The van der Waals surface area contributed by atoms with Crippen molar-refractivity contribution in [1.29, 1.82) is 5.26 Å². The molecular formula is C8H9N3O. The Morgan fingerprint density at radius 1 is 1.67 bits per heavy atom. The van der Waals surface area contributed by atoms with Crippen LogP contribution in [0.1, 0.15) is 5.69 Å². The van der Waals surface area contributed by atoms with Crippen LogP contribution in [-0.4, -0.2) is 23.2 Å². The quantitative estimate of drug-likeness (QED) is 0.675. The molecule has 1 rings (SSSR count). The highest BCUT2D eigenvalue weighted by Crippen LogP contribution is 2.05. The van der Waals surface area contributed by atoms with E-state index < -0.39 is 0 Å². The predicted octanol–water partition coefficient (Wildman–Crippen LogP) is 0.357. The summed E-state index contributed by atoms with van der Waals surface area (Å²) >= 11 is 0. The van der Waals surface area contributed by atoms with Crippen molar-refractivity contribution in [2.75, 3.05) is 18.5 Å². The van der Waals surface area contributed by atoms with Crippen LogP contribution in [0.4, 0.5) is 5.69 Å². The molecule has 0 spiro atoms. The SMILES string of the molecule is N#Cc1cc(NCCO)ccn1. The smallest absolute Gasteiger partial charge is 0.142 e. The van der Waals surface area contributed by atoms with Crippen LogP contribution in [0, 0.1) is 11.3 Å². The van der Waals surface area contributed by atoms with E-state index in [0.717, 1.165) is 5.69 Å². The molecule has 0 unspecified atom stereocenters. The van der Waals surface area contributed by atoms with Crippen LogP contribution in [0.15, 0.2) is 18.3 Å². The van der Waals surface area contributed by atoms with E-state index >= 15 is 0 Å². The second-order valence-corrected chi connectivity index (χ2v) is 2.19. The van der Waals surface area contributed by atoms with Crippen molar-refractivity contribution < 1.29 is 5.11 Å². The molecule has 1 aromatic rings. The van der Waals surface area contributed by atoms with Crippen molar-refractivity contribution >= 4 is 5.69 Å². The van der Waals surface area contributed by atoms with Gasteiger partial charge in [-0.3, -0.25) is 0 Å². The summed E-state index contributed by atoms with van der Waals surface area (Å²) in [5.74, 6) is 0. The number of rotatable bonds is 3. The minimum Gasteiger partial charge on any atom is -0.395 e. The first kappa shape index (κ1) is 8.50. The van der Waals surface area contributed by atoms with Gasteiger partial charge in [0.15, 0.2) is 0 Å². The number of nitrogens with one attached hydrogen (secondary N) is 1. The highest BCUT2D eigenvalue weighted by atomic mass is 16.3. The average Bonchev–Trinajstić information content (AvgIpc) is 2.15. The molecule has 0 aromatic carbocycles. The fraction of sp³-hybridized carbons (Fsp3) is 0.250. The van der Waals surface area contributed by atoms with E-state index in [1.54, 1.807) is 18.3 Å². The van der Waals surface area contributed by atoms with Gasteiger partial charge >= 0.3 is 0 Å². The van der Waals surface area contributed by atoms with Crippen molar-refractivity contribution in [2.24, 2.45) is 0 Å². The Balaban J connectivity index is 2.68. The normalized spacial score (nSPS) is 9.00. The standard InChI is InChI=1S/C8H9N3O/c9-6-8-5-7(1-2-10-8)11-3-4-12/h1-2,5,12H,3-4H2,(H,10,11). The number of nitriles is 1. The van der Waals surface area contributed by atoms with Crippen LogP contribution in [0.5, 0.6) is 0 Å². The van der Waals surface area contributed by atoms with Crippen molar-refractivity contribution in [3.05, 3.63) is 24.0 Å². The monoisotopic (exact) mass is 163 g/mol. The molecule has 62 valence electrons. The summed E-state index contributed by atoms with van der Waals surface area (Å²) in [6.07, 6.45) is 1.55. The highest BCUT2D eigenvalue weighted by molar-refractivity contribution is 5.45. The lowest BCUT2D eigenvalue weighted by Gasteiger charge is -2.02. The number of hydrogen-bond donors (Lipinski definition) is 2. The second-order valence-electron chi connectivity index (χ2n) is 2.19. The maximum Gasteiger partial charge on any atom is 0.142 e. The van der Waals surface area contributed by atoms with E-state index in [1.165, 1.54) is 0 Å². The summed E-state index contributed by atoms with van der Waals surface area (Å²) < 4.78 is 0. The summed E-state index contributed by atoms with van der Waals surface area (Å²) in [7, 11) is 0. The zero-order chi connectivity index (χ0) is 8.81. The number of anilines is 1. The first-order chi connectivity index (χ1) is 5.86. The Kier molecular flexibility index (Phi) is 3.05. The molecule has 0 atom stereocenters. The molecule has 4 heteroatoms. The van der Waals surface area contributed by atoms with Crippen LogP contribution in [0.3, 0.4) is 0 Å². The van der Waals surface area contributed by atoms with Gasteiger partial charge in [0.1, 0.15) is 11.8 Å². The third kappa shape index (κ3) is 2.22. The van der Waals surface area contributed by atoms with Crippen molar-refractivity contribution in [2.45, 2.75) is 0 Å². The largest absolute Gasteiger partial charge is 0.395 e. The van der Waals surface area contributed by atoms with E-state index in [9.17, 15) is 0 Å². The summed E-state index contributed by atoms with van der Waals surface area (Å²) in [6, 6.07) is 5.31. The maximum atomic E-state index is 8.51. The third-order valence-electron chi connectivity index (χ3n) is 1.32. The molecule has 0 amide bonds. The maximum absolute atomic E-state index is 8.51. The van der Waals surface area contributed by atoms with Crippen LogP contribution >= 0.6 is 0 Å². The number of aliphatic hydroxyl groups is 1. The molecule has 0 aliphatic carbocycles. The van der Waals surface area contributed by atoms with Crippen LogP contribution in [0.2, 0.25) is 0 Å². The lowest BCUT2D eigenvalue weighted by molar-refractivity contribution is 0.311. The number of aliphatic hydroxyl groups excluding tert-OH is 1. The lowest BCUT2D eigenvalue weighted by atomic mass is 10.3. The van der Waals surface area contributed by atoms with Gasteiger partial charge in [0, 0.05) is 18.4 Å². The Hall–Kier alpha value is -1.60. The summed E-state index contributed by atoms with van der Waals surface area (Å²) in [6.45, 7) is 0.555. The number of nitrogens with zero attached hydrogens (tertiary/aromatic N) is 2. The molecule has 0 saturated heterocycles. The number of hydrogen-bond acceptors (Lipinski definition) is 4. The Bertz CT molecular complexity index is 293. The van der Waals surface area contributed by atoms with E-state index in [2.05, 4.69) is 10.3 Å². The average molecular weight is 163 g/mol. The van der Waals surface area contributed by atoms with Crippen LogP contribution < -0.4 is 5.32 Å². The predicted molar refractivity (Wildman–Crippen MR) is 44.5 cm³/mol. The third-order valence-corrected chi connectivity index (χ3v) is 1.32.